The van der Waals surface area contributed by atoms with Crippen molar-refractivity contribution in [2.45, 2.75) is 60.8 Å². The van der Waals surface area contributed by atoms with Gasteiger partial charge in [-0.2, -0.15) is 11.8 Å². The van der Waals surface area contributed by atoms with Gasteiger partial charge in [0.1, 0.15) is 0 Å². The molecule has 0 aliphatic carbocycles. The highest BCUT2D eigenvalue weighted by Gasteiger charge is 2.10. The molecule has 0 aromatic carbocycles. The van der Waals surface area contributed by atoms with Crippen molar-refractivity contribution in [2.24, 2.45) is 10.8 Å². The molecule has 0 aromatic rings. The first-order valence-corrected chi connectivity index (χ1v) is 10.3. The summed E-state index contributed by atoms with van der Waals surface area (Å²) in [6, 6.07) is 0. The van der Waals surface area contributed by atoms with Crippen molar-refractivity contribution in [3.8, 4) is 0 Å². The van der Waals surface area contributed by atoms with Gasteiger partial charge in [0.15, 0.2) is 0 Å². The van der Waals surface area contributed by atoms with Gasteiger partial charge >= 0.3 is 0 Å². The second kappa shape index (κ2) is 13.0. The van der Waals surface area contributed by atoms with Crippen molar-refractivity contribution in [3.63, 3.8) is 0 Å². The van der Waals surface area contributed by atoms with E-state index in [-0.39, 0.29) is 5.91 Å². The molecule has 0 aliphatic rings. The fourth-order valence-corrected chi connectivity index (χ4v) is 3.01. The smallest absolute Gasteiger partial charge is 0.220 e. The lowest BCUT2D eigenvalue weighted by Gasteiger charge is -2.17. The van der Waals surface area contributed by atoms with Crippen molar-refractivity contribution >= 4 is 17.7 Å². The van der Waals surface area contributed by atoms with E-state index in [1.165, 1.54) is 6.42 Å². The van der Waals surface area contributed by atoms with Crippen LogP contribution in [0.25, 0.3) is 0 Å². The van der Waals surface area contributed by atoms with Crippen LogP contribution in [0.2, 0.25) is 0 Å². The Balaban J connectivity index is 3.28. The van der Waals surface area contributed by atoms with E-state index in [9.17, 15) is 4.79 Å². The standard InChI is InChI=1S/C19H39NO3S/c1-18(2,3)9-7-11-22-13-14-23-12-10-20-17(21)8-15-24-16-19(4,5)6/h7-16H2,1-6H3,(H,20,21). The van der Waals surface area contributed by atoms with Crippen LogP contribution in [0.15, 0.2) is 0 Å². The Morgan fingerprint density at radius 2 is 1.54 bits per heavy atom. The van der Waals surface area contributed by atoms with Gasteiger partial charge in [0.2, 0.25) is 5.91 Å². The first kappa shape index (κ1) is 23.7. The fourth-order valence-electron chi connectivity index (χ4n) is 1.92. The number of hydrogen-bond donors (Lipinski definition) is 1. The number of carbonyl (C=O) groups is 1. The summed E-state index contributed by atoms with van der Waals surface area (Å²) in [5.41, 5.74) is 0.702. The molecule has 0 unspecified atom stereocenters. The Bertz CT molecular complexity index is 322. The summed E-state index contributed by atoms with van der Waals surface area (Å²) in [7, 11) is 0. The lowest BCUT2D eigenvalue weighted by molar-refractivity contribution is -0.120. The summed E-state index contributed by atoms with van der Waals surface area (Å²) >= 11 is 1.84. The minimum atomic E-state index is 0.110. The lowest BCUT2D eigenvalue weighted by atomic mass is 9.91. The first-order valence-electron chi connectivity index (χ1n) is 9.10. The van der Waals surface area contributed by atoms with Crippen LogP contribution in [0.3, 0.4) is 0 Å². The molecule has 24 heavy (non-hydrogen) atoms. The summed E-state index contributed by atoms with van der Waals surface area (Å²) in [5.74, 6) is 2.07. The molecule has 4 nitrogen and oxygen atoms in total. The highest BCUT2D eigenvalue weighted by molar-refractivity contribution is 7.99. The minimum absolute atomic E-state index is 0.110. The van der Waals surface area contributed by atoms with Gasteiger partial charge in [-0.3, -0.25) is 4.79 Å². The summed E-state index contributed by atoms with van der Waals surface area (Å²) < 4.78 is 11.0. The van der Waals surface area contributed by atoms with Crippen LogP contribution in [0.1, 0.15) is 60.8 Å². The number of amides is 1. The SMILES string of the molecule is CC(C)(C)CCCOCCOCCNC(=O)CCSCC(C)(C)C. The molecule has 0 radical (unpaired) electrons. The number of rotatable bonds is 13. The predicted octanol–water partition coefficient (Wildman–Crippen LogP) is 4.13. The van der Waals surface area contributed by atoms with Gasteiger partial charge in [-0.15, -0.1) is 0 Å². The van der Waals surface area contributed by atoms with Crippen LogP contribution >= 0.6 is 11.8 Å². The predicted molar refractivity (Wildman–Crippen MR) is 105 cm³/mol. The average molecular weight is 362 g/mol. The maximum Gasteiger partial charge on any atom is 0.220 e. The van der Waals surface area contributed by atoms with Crippen LogP contribution in [0.5, 0.6) is 0 Å². The van der Waals surface area contributed by atoms with E-state index < -0.39 is 0 Å². The third kappa shape index (κ3) is 19.8. The zero-order valence-corrected chi connectivity index (χ0v) is 17.5. The highest BCUT2D eigenvalue weighted by Crippen LogP contribution is 2.21. The number of hydrogen-bond acceptors (Lipinski definition) is 4. The summed E-state index contributed by atoms with van der Waals surface area (Å²) in [6.07, 6.45) is 2.85. The Morgan fingerprint density at radius 1 is 0.917 bits per heavy atom. The molecule has 0 saturated carbocycles. The van der Waals surface area contributed by atoms with Gasteiger partial charge in [-0.1, -0.05) is 41.5 Å². The Morgan fingerprint density at radius 3 is 2.12 bits per heavy atom. The molecule has 0 atom stereocenters. The average Bonchev–Trinajstić information content (AvgIpc) is 2.43. The van der Waals surface area contributed by atoms with E-state index >= 15 is 0 Å². The van der Waals surface area contributed by atoms with E-state index in [1.807, 2.05) is 11.8 Å². The summed E-state index contributed by atoms with van der Waals surface area (Å²) in [5, 5.41) is 2.89. The van der Waals surface area contributed by atoms with E-state index in [4.69, 9.17) is 9.47 Å². The molecule has 1 N–H and O–H groups in total. The second-order valence-electron chi connectivity index (χ2n) is 8.60. The Hall–Kier alpha value is -0.260. The molecular weight excluding hydrogens is 322 g/mol. The zero-order chi connectivity index (χ0) is 18.5. The van der Waals surface area contributed by atoms with E-state index in [0.29, 0.717) is 43.6 Å². The molecule has 5 heteroatoms. The first-order chi connectivity index (χ1) is 11.1. The van der Waals surface area contributed by atoms with Crippen molar-refractivity contribution in [1.29, 1.82) is 0 Å². The number of nitrogens with one attached hydrogen (secondary N) is 1. The molecular formula is C19H39NO3S. The highest BCUT2D eigenvalue weighted by atomic mass is 32.2. The monoisotopic (exact) mass is 361 g/mol. The van der Waals surface area contributed by atoms with Gasteiger partial charge in [0.05, 0.1) is 19.8 Å². The maximum absolute atomic E-state index is 11.7. The molecule has 0 spiro atoms. The Kier molecular flexibility index (Phi) is 12.9. The van der Waals surface area contributed by atoms with Gasteiger partial charge in [0.25, 0.3) is 0 Å². The van der Waals surface area contributed by atoms with Gasteiger partial charge < -0.3 is 14.8 Å². The lowest BCUT2D eigenvalue weighted by Crippen LogP contribution is -2.28. The molecule has 1 amide bonds. The quantitative estimate of drug-likeness (QED) is 0.501. The van der Waals surface area contributed by atoms with Crippen LogP contribution in [-0.2, 0) is 14.3 Å². The molecule has 0 saturated heterocycles. The van der Waals surface area contributed by atoms with E-state index in [1.54, 1.807) is 0 Å². The van der Waals surface area contributed by atoms with Crippen molar-refractivity contribution in [3.05, 3.63) is 0 Å². The molecule has 0 bridgehead atoms. The van der Waals surface area contributed by atoms with Crippen LogP contribution < -0.4 is 5.32 Å². The van der Waals surface area contributed by atoms with Crippen molar-refractivity contribution in [2.75, 3.05) is 44.5 Å². The maximum atomic E-state index is 11.7. The van der Waals surface area contributed by atoms with Gasteiger partial charge in [-0.25, -0.2) is 0 Å². The molecule has 0 aromatic heterocycles. The summed E-state index contributed by atoms with van der Waals surface area (Å²) in [4.78, 5) is 11.7. The summed E-state index contributed by atoms with van der Waals surface area (Å²) in [6.45, 7) is 16.5. The van der Waals surface area contributed by atoms with E-state index in [0.717, 1.165) is 24.5 Å². The minimum Gasteiger partial charge on any atom is -0.379 e. The van der Waals surface area contributed by atoms with Gasteiger partial charge in [0, 0.05) is 25.3 Å². The molecule has 0 aliphatic heterocycles. The molecule has 144 valence electrons. The molecule has 0 fully saturated rings. The molecule has 0 heterocycles. The van der Waals surface area contributed by atoms with Crippen molar-refractivity contribution < 1.29 is 14.3 Å². The second-order valence-corrected chi connectivity index (χ2v) is 9.71. The zero-order valence-electron chi connectivity index (χ0n) is 16.7. The fraction of sp³-hybridized carbons (Fsp3) is 0.947. The normalized spacial score (nSPS) is 12.4. The molecule has 0 rings (SSSR count). The van der Waals surface area contributed by atoms with E-state index in [2.05, 4.69) is 46.9 Å². The van der Waals surface area contributed by atoms with Crippen LogP contribution in [0.4, 0.5) is 0 Å². The number of ether oxygens (including phenoxy) is 2. The van der Waals surface area contributed by atoms with Crippen LogP contribution in [-0.4, -0.2) is 50.4 Å². The van der Waals surface area contributed by atoms with Gasteiger partial charge in [-0.05, 0) is 29.4 Å². The third-order valence-corrected chi connectivity index (χ3v) is 4.73. The Labute approximate surface area is 153 Å². The largest absolute Gasteiger partial charge is 0.379 e. The topological polar surface area (TPSA) is 47.6 Å². The van der Waals surface area contributed by atoms with Crippen molar-refractivity contribution in [1.82, 2.24) is 5.32 Å². The third-order valence-electron chi connectivity index (χ3n) is 3.16. The number of thioether (sulfide) groups is 1. The van der Waals surface area contributed by atoms with Crippen LogP contribution in [0, 0.1) is 10.8 Å². The number of carbonyl (C=O) groups excluding carboxylic acids is 1.